The van der Waals surface area contributed by atoms with Gasteiger partial charge in [0.05, 0.1) is 7.11 Å². The summed E-state index contributed by atoms with van der Waals surface area (Å²) in [4.78, 5) is 2.43. The van der Waals surface area contributed by atoms with E-state index in [2.05, 4.69) is 29.4 Å². The zero-order valence-electron chi connectivity index (χ0n) is 13.3. The van der Waals surface area contributed by atoms with Crippen LogP contribution >= 0.6 is 0 Å². The summed E-state index contributed by atoms with van der Waals surface area (Å²) in [5, 5.41) is 3.73. The van der Waals surface area contributed by atoms with Crippen LogP contribution in [0.2, 0.25) is 0 Å². The van der Waals surface area contributed by atoms with Crippen LogP contribution in [0, 0.1) is 5.92 Å². The quantitative estimate of drug-likeness (QED) is 0.871. The molecule has 2 aliphatic rings. The topological polar surface area (TPSA) is 24.5 Å². The molecule has 2 saturated heterocycles. The first-order valence-corrected chi connectivity index (χ1v) is 8.31. The molecule has 0 aromatic heterocycles. The van der Waals surface area contributed by atoms with Crippen molar-refractivity contribution in [3.05, 3.63) is 29.8 Å². The molecular weight excluding hydrogens is 260 g/mol. The zero-order chi connectivity index (χ0) is 14.7. The molecule has 2 fully saturated rings. The van der Waals surface area contributed by atoms with Gasteiger partial charge in [0.15, 0.2) is 0 Å². The van der Waals surface area contributed by atoms with Gasteiger partial charge in [-0.05, 0) is 57.7 Å². The number of benzene rings is 1. The van der Waals surface area contributed by atoms with Crippen molar-refractivity contribution in [1.82, 2.24) is 10.2 Å². The van der Waals surface area contributed by atoms with E-state index in [-0.39, 0.29) is 0 Å². The molecule has 0 spiro atoms. The van der Waals surface area contributed by atoms with Gasteiger partial charge in [-0.2, -0.15) is 0 Å². The normalized spacial score (nSPS) is 28.0. The molecule has 2 atom stereocenters. The second-order valence-corrected chi connectivity index (χ2v) is 6.81. The Morgan fingerprint density at radius 1 is 1.19 bits per heavy atom. The maximum Gasteiger partial charge on any atom is 0.123 e. The van der Waals surface area contributed by atoms with Crippen LogP contribution in [-0.4, -0.2) is 37.7 Å². The molecule has 1 aromatic carbocycles. The Bertz CT molecular complexity index is 450. The molecule has 3 heteroatoms. The maximum atomic E-state index is 5.44. The number of piperidine rings is 1. The SMILES string of the molecule is COc1ccccc1CN(C)CCC1CC2CCC(C1)N2. The molecule has 3 nitrogen and oxygen atoms in total. The molecule has 2 heterocycles. The Balaban J connectivity index is 1.47. The van der Waals surface area contributed by atoms with Gasteiger partial charge >= 0.3 is 0 Å². The minimum atomic E-state index is 0.813. The van der Waals surface area contributed by atoms with E-state index in [1.807, 2.05) is 12.1 Å². The Morgan fingerprint density at radius 2 is 1.90 bits per heavy atom. The average molecular weight is 288 g/mol. The number of fused-ring (bicyclic) bond motifs is 2. The van der Waals surface area contributed by atoms with Crippen LogP contribution in [0.15, 0.2) is 24.3 Å². The molecule has 2 unspecified atom stereocenters. The summed E-state index contributed by atoms with van der Waals surface area (Å²) in [6.45, 7) is 2.16. The van der Waals surface area contributed by atoms with Crippen LogP contribution in [0.25, 0.3) is 0 Å². The first kappa shape index (κ1) is 14.9. The van der Waals surface area contributed by atoms with Crippen LogP contribution < -0.4 is 10.1 Å². The zero-order valence-corrected chi connectivity index (χ0v) is 13.3. The van der Waals surface area contributed by atoms with Crippen LogP contribution in [0.4, 0.5) is 0 Å². The van der Waals surface area contributed by atoms with E-state index in [1.165, 1.54) is 44.2 Å². The summed E-state index contributed by atoms with van der Waals surface area (Å²) >= 11 is 0. The van der Waals surface area contributed by atoms with Crippen molar-refractivity contribution in [3.8, 4) is 5.75 Å². The van der Waals surface area contributed by atoms with E-state index < -0.39 is 0 Å². The van der Waals surface area contributed by atoms with E-state index in [9.17, 15) is 0 Å². The average Bonchev–Trinajstić information content (AvgIpc) is 2.84. The fraction of sp³-hybridized carbons (Fsp3) is 0.667. The Kier molecular flexibility index (Phi) is 4.81. The van der Waals surface area contributed by atoms with Gasteiger partial charge in [0.1, 0.15) is 5.75 Å². The predicted octanol–water partition coefficient (Wildman–Crippen LogP) is 3.05. The lowest BCUT2D eigenvalue weighted by Gasteiger charge is -2.30. The van der Waals surface area contributed by atoms with E-state index in [1.54, 1.807) is 7.11 Å². The van der Waals surface area contributed by atoms with E-state index in [0.717, 1.165) is 30.3 Å². The fourth-order valence-electron chi connectivity index (χ4n) is 4.02. The molecule has 2 bridgehead atoms. The standard InChI is InChI=1S/C18H28N2O/c1-20(13-15-5-3-4-6-18(15)21-2)10-9-14-11-16-7-8-17(12-14)19-16/h3-6,14,16-17,19H,7-13H2,1-2H3. The molecule has 0 aliphatic carbocycles. The monoisotopic (exact) mass is 288 g/mol. The molecule has 1 N–H and O–H groups in total. The van der Waals surface area contributed by atoms with Gasteiger partial charge in [0.25, 0.3) is 0 Å². The molecule has 0 radical (unpaired) electrons. The highest BCUT2D eigenvalue weighted by Crippen LogP contribution is 2.32. The van der Waals surface area contributed by atoms with Gasteiger partial charge in [-0.15, -0.1) is 0 Å². The summed E-state index contributed by atoms with van der Waals surface area (Å²) in [7, 11) is 3.98. The van der Waals surface area contributed by atoms with Crippen molar-refractivity contribution in [2.75, 3.05) is 20.7 Å². The van der Waals surface area contributed by atoms with E-state index in [4.69, 9.17) is 4.74 Å². The molecule has 21 heavy (non-hydrogen) atoms. The maximum absolute atomic E-state index is 5.44. The first-order valence-electron chi connectivity index (χ1n) is 8.31. The number of nitrogens with zero attached hydrogens (tertiary/aromatic N) is 1. The Labute approximate surface area is 128 Å². The fourth-order valence-corrected chi connectivity index (χ4v) is 4.02. The van der Waals surface area contributed by atoms with Gasteiger partial charge in [-0.1, -0.05) is 18.2 Å². The first-order chi connectivity index (χ1) is 10.2. The van der Waals surface area contributed by atoms with Gasteiger partial charge in [-0.25, -0.2) is 0 Å². The third kappa shape index (κ3) is 3.78. The van der Waals surface area contributed by atoms with Crippen LogP contribution in [0.3, 0.4) is 0 Å². The molecule has 3 rings (SSSR count). The second-order valence-electron chi connectivity index (χ2n) is 6.81. The molecule has 116 valence electrons. The number of hydrogen-bond donors (Lipinski definition) is 1. The molecule has 0 amide bonds. The molecule has 0 saturated carbocycles. The minimum absolute atomic E-state index is 0.813. The predicted molar refractivity (Wildman–Crippen MR) is 86.6 cm³/mol. The van der Waals surface area contributed by atoms with Crippen molar-refractivity contribution in [1.29, 1.82) is 0 Å². The summed E-state index contributed by atoms with van der Waals surface area (Å²) in [6, 6.07) is 9.97. The van der Waals surface area contributed by atoms with Crippen molar-refractivity contribution >= 4 is 0 Å². The number of methoxy groups -OCH3 is 1. The molecular formula is C18H28N2O. The number of rotatable bonds is 6. The van der Waals surface area contributed by atoms with Crippen molar-refractivity contribution in [3.63, 3.8) is 0 Å². The summed E-state index contributed by atoms with van der Waals surface area (Å²) < 4.78 is 5.44. The van der Waals surface area contributed by atoms with Gasteiger partial charge < -0.3 is 15.0 Å². The largest absolute Gasteiger partial charge is 0.496 e. The Hall–Kier alpha value is -1.06. The summed E-state index contributed by atoms with van der Waals surface area (Å²) in [5.74, 6) is 1.92. The van der Waals surface area contributed by atoms with Crippen molar-refractivity contribution in [2.24, 2.45) is 5.92 Å². The lowest BCUT2D eigenvalue weighted by Crippen LogP contribution is -2.38. The van der Waals surface area contributed by atoms with Crippen LogP contribution in [0.5, 0.6) is 5.75 Å². The number of ether oxygens (including phenoxy) is 1. The highest BCUT2D eigenvalue weighted by atomic mass is 16.5. The minimum Gasteiger partial charge on any atom is -0.496 e. The molecule has 1 aromatic rings. The third-order valence-corrected chi connectivity index (χ3v) is 5.12. The second kappa shape index (κ2) is 6.80. The van der Waals surface area contributed by atoms with Crippen molar-refractivity contribution < 1.29 is 4.74 Å². The molecule has 2 aliphatic heterocycles. The number of para-hydroxylation sites is 1. The van der Waals surface area contributed by atoms with Gasteiger partial charge in [0, 0.05) is 24.2 Å². The van der Waals surface area contributed by atoms with E-state index >= 15 is 0 Å². The van der Waals surface area contributed by atoms with Crippen LogP contribution in [0.1, 0.15) is 37.7 Å². The lowest BCUT2D eigenvalue weighted by atomic mass is 9.89. The van der Waals surface area contributed by atoms with Crippen LogP contribution in [-0.2, 0) is 6.54 Å². The van der Waals surface area contributed by atoms with Gasteiger partial charge in [-0.3, -0.25) is 0 Å². The Morgan fingerprint density at radius 3 is 2.62 bits per heavy atom. The lowest BCUT2D eigenvalue weighted by molar-refractivity contribution is 0.237. The highest BCUT2D eigenvalue weighted by molar-refractivity contribution is 5.32. The number of hydrogen-bond acceptors (Lipinski definition) is 3. The van der Waals surface area contributed by atoms with E-state index in [0.29, 0.717) is 0 Å². The third-order valence-electron chi connectivity index (χ3n) is 5.12. The van der Waals surface area contributed by atoms with Gasteiger partial charge in [0.2, 0.25) is 0 Å². The highest BCUT2D eigenvalue weighted by Gasteiger charge is 2.33. The number of nitrogens with one attached hydrogen (secondary N) is 1. The smallest absolute Gasteiger partial charge is 0.123 e. The summed E-state index contributed by atoms with van der Waals surface area (Å²) in [5.41, 5.74) is 1.29. The summed E-state index contributed by atoms with van der Waals surface area (Å²) in [6.07, 6.45) is 6.91. The van der Waals surface area contributed by atoms with Crippen molar-refractivity contribution in [2.45, 2.75) is 50.7 Å².